The number of hydrogen-bond acceptors (Lipinski definition) is 3. The zero-order valence-corrected chi connectivity index (χ0v) is 12.7. The fourth-order valence-corrected chi connectivity index (χ4v) is 3.54. The van der Waals surface area contributed by atoms with E-state index in [1.165, 1.54) is 37.4 Å². The molecule has 1 N–H and O–H groups in total. The van der Waals surface area contributed by atoms with Gasteiger partial charge in [-0.05, 0) is 50.2 Å². The molecule has 18 heavy (non-hydrogen) atoms. The summed E-state index contributed by atoms with van der Waals surface area (Å²) in [6.07, 6.45) is 2.73. The lowest BCUT2D eigenvalue weighted by atomic mass is 9.96. The van der Waals surface area contributed by atoms with Gasteiger partial charge in [-0.15, -0.1) is 11.3 Å². The summed E-state index contributed by atoms with van der Waals surface area (Å²) in [7, 11) is 0. The van der Waals surface area contributed by atoms with Crippen molar-refractivity contribution in [3.05, 3.63) is 22.4 Å². The van der Waals surface area contributed by atoms with Crippen LogP contribution in [0.3, 0.4) is 0 Å². The molecule has 1 saturated heterocycles. The van der Waals surface area contributed by atoms with Gasteiger partial charge in [-0.2, -0.15) is 0 Å². The van der Waals surface area contributed by atoms with Crippen molar-refractivity contribution in [3.8, 4) is 0 Å². The summed E-state index contributed by atoms with van der Waals surface area (Å²) in [5.74, 6) is 0.823. The molecule has 0 bridgehead atoms. The molecule has 0 radical (unpaired) electrons. The average Bonchev–Trinajstić information content (AvgIpc) is 2.89. The number of likely N-dealkylation sites (tertiary alicyclic amines) is 1. The Bertz CT molecular complexity index is 334. The van der Waals surface area contributed by atoms with Crippen LogP contribution in [-0.2, 0) is 0 Å². The van der Waals surface area contributed by atoms with Gasteiger partial charge in [-0.1, -0.05) is 19.9 Å². The Morgan fingerprint density at radius 2 is 2.28 bits per heavy atom. The zero-order chi connectivity index (χ0) is 13.0. The lowest BCUT2D eigenvalue weighted by Crippen LogP contribution is -2.41. The van der Waals surface area contributed by atoms with Crippen LogP contribution >= 0.6 is 11.3 Å². The van der Waals surface area contributed by atoms with E-state index < -0.39 is 0 Å². The molecule has 0 aromatic carbocycles. The number of nitrogens with one attached hydrogen (secondary N) is 1. The second kappa shape index (κ2) is 6.69. The number of piperidine rings is 1. The van der Waals surface area contributed by atoms with Gasteiger partial charge in [0.05, 0.1) is 0 Å². The molecule has 0 aliphatic carbocycles. The van der Waals surface area contributed by atoms with Crippen molar-refractivity contribution in [2.75, 3.05) is 19.6 Å². The van der Waals surface area contributed by atoms with Crippen molar-refractivity contribution in [1.29, 1.82) is 0 Å². The molecule has 2 unspecified atom stereocenters. The Kier molecular flexibility index (Phi) is 5.22. The van der Waals surface area contributed by atoms with E-state index in [1.807, 2.05) is 11.3 Å². The molecule has 102 valence electrons. The number of rotatable bonds is 5. The molecule has 0 saturated carbocycles. The number of thiophene rings is 1. The summed E-state index contributed by atoms with van der Waals surface area (Å²) < 4.78 is 0. The highest BCUT2D eigenvalue weighted by Gasteiger charge is 2.24. The number of nitrogens with zero attached hydrogens (tertiary/aromatic N) is 1. The molecule has 1 aliphatic rings. The minimum atomic E-state index is 0.590. The SMILES string of the molecule is CC(C)NCC1CCCN(C(C)c2cccs2)C1. The fourth-order valence-electron chi connectivity index (χ4n) is 2.73. The van der Waals surface area contributed by atoms with Gasteiger partial charge in [0.2, 0.25) is 0 Å². The van der Waals surface area contributed by atoms with Gasteiger partial charge in [0.25, 0.3) is 0 Å². The van der Waals surface area contributed by atoms with Crippen LogP contribution in [0.1, 0.15) is 44.5 Å². The first-order chi connectivity index (χ1) is 8.66. The molecule has 3 heteroatoms. The van der Waals surface area contributed by atoms with E-state index in [1.54, 1.807) is 0 Å². The fraction of sp³-hybridized carbons (Fsp3) is 0.733. The summed E-state index contributed by atoms with van der Waals surface area (Å²) in [6.45, 7) is 10.5. The normalized spacial score (nSPS) is 23.4. The van der Waals surface area contributed by atoms with Crippen LogP contribution < -0.4 is 5.32 Å². The monoisotopic (exact) mass is 266 g/mol. The Hall–Kier alpha value is -0.380. The van der Waals surface area contributed by atoms with Gasteiger partial charge >= 0.3 is 0 Å². The molecular weight excluding hydrogens is 240 g/mol. The van der Waals surface area contributed by atoms with Crippen LogP contribution in [0.4, 0.5) is 0 Å². The summed E-state index contributed by atoms with van der Waals surface area (Å²) in [4.78, 5) is 4.16. The molecule has 1 fully saturated rings. The molecule has 1 aliphatic heterocycles. The summed E-state index contributed by atoms with van der Waals surface area (Å²) in [5.41, 5.74) is 0. The van der Waals surface area contributed by atoms with Gasteiger partial charge in [0.1, 0.15) is 0 Å². The maximum absolute atomic E-state index is 3.59. The van der Waals surface area contributed by atoms with Gasteiger partial charge in [0.15, 0.2) is 0 Å². The molecule has 0 spiro atoms. The molecule has 2 nitrogen and oxygen atoms in total. The lowest BCUT2D eigenvalue weighted by Gasteiger charge is -2.36. The third-order valence-electron chi connectivity index (χ3n) is 3.87. The Morgan fingerprint density at radius 1 is 1.44 bits per heavy atom. The predicted octanol–water partition coefficient (Wildman–Crippen LogP) is 3.52. The van der Waals surface area contributed by atoms with Crippen LogP contribution in [0.5, 0.6) is 0 Å². The van der Waals surface area contributed by atoms with Crippen LogP contribution in [-0.4, -0.2) is 30.6 Å². The largest absolute Gasteiger partial charge is 0.314 e. The summed E-state index contributed by atoms with van der Waals surface area (Å²) in [5, 5.41) is 5.77. The number of hydrogen-bond donors (Lipinski definition) is 1. The molecule has 1 aromatic heterocycles. The van der Waals surface area contributed by atoms with Crippen molar-refractivity contribution < 1.29 is 0 Å². The Morgan fingerprint density at radius 3 is 2.94 bits per heavy atom. The highest BCUT2D eigenvalue weighted by Crippen LogP contribution is 2.28. The Labute approximate surface area is 115 Å². The van der Waals surface area contributed by atoms with Crippen molar-refractivity contribution in [3.63, 3.8) is 0 Å². The van der Waals surface area contributed by atoms with Crippen molar-refractivity contribution in [2.24, 2.45) is 5.92 Å². The van der Waals surface area contributed by atoms with Crippen molar-refractivity contribution in [1.82, 2.24) is 10.2 Å². The topological polar surface area (TPSA) is 15.3 Å². The van der Waals surface area contributed by atoms with E-state index in [9.17, 15) is 0 Å². The average molecular weight is 266 g/mol. The summed E-state index contributed by atoms with van der Waals surface area (Å²) >= 11 is 1.89. The van der Waals surface area contributed by atoms with Crippen molar-refractivity contribution in [2.45, 2.75) is 45.7 Å². The van der Waals surface area contributed by atoms with E-state index in [4.69, 9.17) is 0 Å². The highest BCUT2D eigenvalue weighted by atomic mass is 32.1. The maximum Gasteiger partial charge on any atom is 0.0413 e. The molecule has 2 atom stereocenters. The van der Waals surface area contributed by atoms with Crippen LogP contribution in [0.2, 0.25) is 0 Å². The minimum Gasteiger partial charge on any atom is -0.314 e. The first kappa shape index (κ1) is 14.0. The molecule has 2 heterocycles. The van der Waals surface area contributed by atoms with E-state index in [0.717, 1.165) is 5.92 Å². The first-order valence-corrected chi connectivity index (χ1v) is 8.05. The van der Waals surface area contributed by atoms with Gasteiger partial charge in [-0.25, -0.2) is 0 Å². The van der Waals surface area contributed by atoms with Gasteiger partial charge in [0, 0.05) is 23.5 Å². The Balaban J connectivity index is 1.86. The third kappa shape index (κ3) is 3.81. The van der Waals surface area contributed by atoms with Gasteiger partial charge in [-0.3, -0.25) is 4.90 Å². The van der Waals surface area contributed by atoms with E-state index in [-0.39, 0.29) is 0 Å². The van der Waals surface area contributed by atoms with Crippen LogP contribution in [0.15, 0.2) is 17.5 Å². The van der Waals surface area contributed by atoms with Crippen molar-refractivity contribution >= 4 is 11.3 Å². The second-order valence-electron chi connectivity index (χ2n) is 5.76. The molecular formula is C15H26N2S. The summed E-state index contributed by atoms with van der Waals surface area (Å²) in [6, 6.07) is 5.63. The molecule has 2 rings (SSSR count). The van der Waals surface area contributed by atoms with Crippen LogP contribution in [0.25, 0.3) is 0 Å². The van der Waals surface area contributed by atoms with E-state index in [0.29, 0.717) is 12.1 Å². The lowest BCUT2D eigenvalue weighted by molar-refractivity contribution is 0.131. The second-order valence-corrected chi connectivity index (χ2v) is 6.74. The highest BCUT2D eigenvalue weighted by molar-refractivity contribution is 7.10. The smallest absolute Gasteiger partial charge is 0.0413 e. The quantitative estimate of drug-likeness (QED) is 0.877. The standard InChI is InChI=1S/C15H26N2S/c1-12(2)16-10-14-6-4-8-17(11-14)13(3)15-7-5-9-18-15/h5,7,9,12-14,16H,4,6,8,10-11H2,1-3H3. The molecule has 0 amide bonds. The third-order valence-corrected chi connectivity index (χ3v) is 4.91. The zero-order valence-electron chi connectivity index (χ0n) is 11.9. The van der Waals surface area contributed by atoms with E-state index >= 15 is 0 Å². The predicted molar refractivity (Wildman–Crippen MR) is 80.2 cm³/mol. The minimum absolute atomic E-state index is 0.590. The van der Waals surface area contributed by atoms with Crippen LogP contribution in [0, 0.1) is 5.92 Å². The van der Waals surface area contributed by atoms with Gasteiger partial charge < -0.3 is 5.32 Å². The maximum atomic E-state index is 3.59. The first-order valence-electron chi connectivity index (χ1n) is 7.17. The molecule has 1 aromatic rings. The van der Waals surface area contributed by atoms with E-state index in [2.05, 4.69) is 48.5 Å².